The summed E-state index contributed by atoms with van der Waals surface area (Å²) in [6.07, 6.45) is 3.73. The number of thiophene rings is 1. The number of anilines is 1. The van der Waals surface area contributed by atoms with E-state index in [1.165, 1.54) is 29.4 Å². The Labute approximate surface area is 229 Å². The molecule has 0 saturated heterocycles. The van der Waals surface area contributed by atoms with Crippen molar-refractivity contribution in [1.29, 1.82) is 0 Å². The SMILES string of the molecule is Cc1sc(C(=O)c2cncnc2NC2C[C@H](COS(N)(=O)=O)[C@@H](O)C2)cc1[C@@H]1NCCc2ccc(Cl)cc21. The normalized spacial score (nSPS) is 23.3. The van der Waals surface area contributed by atoms with Gasteiger partial charge in [-0.15, -0.1) is 11.3 Å². The van der Waals surface area contributed by atoms with Gasteiger partial charge in [0, 0.05) is 34.6 Å². The number of nitrogens with one attached hydrogen (secondary N) is 2. The number of rotatable bonds is 8. The number of carbonyl (C=O) groups excluding carboxylic acids is 1. The molecule has 4 atom stereocenters. The molecule has 3 aromatic rings. The molecule has 3 heterocycles. The number of nitrogens with two attached hydrogens (primary N) is 1. The number of hydrogen-bond donors (Lipinski definition) is 4. The van der Waals surface area contributed by atoms with Gasteiger partial charge in [0.15, 0.2) is 0 Å². The number of aliphatic hydroxyl groups is 1. The number of halogens is 1. The van der Waals surface area contributed by atoms with Crippen LogP contribution in [0.3, 0.4) is 0 Å². The van der Waals surface area contributed by atoms with Crippen LogP contribution in [-0.4, -0.2) is 54.6 Å². The van der Waals surface area contributed by atoms with Crippen molar-refractivity contribution >= 4 is 44.8 Å². The smallest absolute Gasteiger partial charge is 0.333 e. The molecule has 38 heavy (non-hydrogen) atoms. The zero-order valence-electron chi connectivity index (χ0n) is 20.6. The quantitative estimate of drug-likeness (QED) is 0.295. The maximum absolute atomic E-state index is 13.6. The number of nitrogens with zero attached hydrogens (tertiary/aromatic N) is 2. The number of ketones is 1. The van der Waals surface area contributed by atoms with Crippen molar-refractivity contribution in [3.63, 3.8) is 0 Å². The lowest BCUT2D eigenvalue weighted by molar-refractivity contribution is 0.101. The molecule has 1 unspecified atom stereocenters. The van der Waals surface area contributed by atoms with E-state index in [0.29, 0.717) is 34.1 Å². The number of benzene rings is 1. The Hall–Kier alpha value is -2.45. The molecule has 5 rings (SSSR count). The molecule has 1 aromatic carbocycles. The largest absolute Gasteiger partial charge is 0.393 e. The fourth-order valence-corrected chi connectivity index (χ4v) is 6.77. The van der Waals surface area contributed by atoms with E-state index >= 15 is 0 Å². The Balaban J connectivity index is 1.35. The van der Waals surface area contributed by atoms with Crippen LogP contribution >= 0.6 is 22.9 Å². The fourth-order valence-electron chi connectivity index (χ4n) is 5.21. The van der Waals surface area contributed by atoms with Crippen LogP contribution in [0.2, 0.25) is 5.02 Å². The molecule has 10 nitrogen and oxygen atoms in total. The van der Waals surface area contributed by atoms with E-state index in [-0.39, 0.29) is 24.5 Å². The summed E-state index contributed by atoms with van der Waals surface area (Å²) in [6, 6.07) is 7.57. The van der Waals surface area contributed by atoms with Gasteiger partial charge in [-0.25, -0.2) is 15.1 Å². The van der Waals surface area contributed by atoms with Crippen LogP contribution in [0.25, 0.3) is 0 Å². The third kappa shape index (κ3) is 5.91. The standard InChI is InChI=1S/C25H28ClN5O5S2/c1-13-18(23-19-7-16(26)3-2-14(19)4-5-29-23)9-22(37-13)24(33)20-10-28-12-30-25(20)31-17-6-15(21(32)8-17)11-36-38(27,34)35/h2-3,7,9-10,12,15,17,21,23,29,32H,4-6,8,11H2,1H3,(H2,27,34,35)(H,28,30,31)/t15-,17?,21+,23+/m1/s1. The lowest BCUT2D eigenvalue weighted by Crippen LogP contribution is -2.30. The highest BCUT2D eigenvalue weighted by Gasteiger charge is 2.35. The molecule has 202 valence electrons. The minimum Gasteiger partial charge on any atom is -0.393 e. The van der Waals surface area contributed by atoms with E-state index in [1.807, 2.05) is 25.1 Å². The highest BCUT2D eigenvalue weighted by molar-refractivity contribution is 7.84. The van der Waals surface area contributed by atoms with E-state index in [4.69, 9.17) is 16.7 Å². The van der Waals surface area contributed by atoms with Gasteiger partial charge in [0.05, 0.1) is 29.2 Å². The number of hydrogen-bond acceptors (Lipinski definition) is 10. The molecule has 0 spiro atoms. The minimum atomic E-state index is -4.10. The van der Waals surface area contributed by atoms with Crippen LogP contribution in [-0.2, 0) is 20.9 Å². The first-order chi connectivity index (χ1) is 18.1. The molecule has 1 aliphatic heterocycles. The lowest BCUT2D eigenvalue weighted by Gasteiger charge is -2.27. The van der Waals surface area contributed by atoms with E-state index in [1.54, 1.807) is 0 Å². The van der Waals surface area contributed by atoms with Gasteiger partial charge in [-0.05, 0) is 61.1 Å². The Morgan fingerprint density at radius 2 is 2.13 bits per heavy atom. The van der Waals surface area contributed by atoms with E-state index in [0.717, 1.165) is 29.0 Å². The molecular weight excluding hydrogens is 550 g/mol. The lowest BCUT2D eigenvalue weighted by atomic mass is 9.90. The average molecular weight is 578 g/mol. The van der Waals surface area contributed by atoms with Gasteiger partial charge in [0.25, 0.3) is 0 Å². The van der Waals surface area contributed by atoms with Crippen molar-refractivity contribution in [2.75, 3.05) is 18.5 Å². The Morgan fingerprint density at radius 3 is 2.92 bits per heavy atom. The monoisotopic (exact) mass is 577 g/mol. The Morgan fingerprint density at radius 1 is 1.32 bits per heavy atom. The molecule has 13 heteroatoms. The van der Waals surface area contributed by atoms with Gasteiger partial charge < -0.3 is 15.7 Å². The second kappa shape index (κ2) is 11.0. The van der Waals surface area contributed by atoms with Gasteiger partial charge in [-0.2, -0.15) is 8.42 Å². The van der Waals surface area contributed by atoms with E-state index in [9.17, 15) is 18.3 Å². The summed E-state index contributed by atoms with van der Waals surface area (Å²) in [4.78, 5) is 23.6. The van der Waals surface area contributed by atoms with Gasteiger partial charge in [0.1, 0.15) is 12.1 Å². The summed E-state index contributed by atoms with van der Waals surface area (Å²) in [5, 5.41) is 22.7. The number of fused-ring (bicyclic) bond motifs is 1. The predicted octanol–water partition coefficient (Wildman–Crippen LogP) is 2.74. The summed E-state index contributed by atoms with van der Waals surface area (Å²) in [5.74, 6) is -0.272. The van der Waals surface area contributed by atoms with Crippen LogP contribution in [0.15, 0.2) is 36.8 Å². The van der Waals surface area contributed by atoms with Crippen LogP contribution in [0, 0.1) is 12.8 Å². The van der Waals surface area contributed by atoms with E-state index < -0.39 is 22.3 Å². The topological polar surface area (TPSA) is 157 Å². The van der Waals surface area contributed by atoms with Crippen molar-refractivity contribution < 1.29 is 22.5 Å². The molecule has 1 saturated carbocycles. The fraction of sp³-hybridized carbons (Fsp3) is 0.400. The van der Waals surface area contributed by atoms with Crippen LogP contribution in [0.4, 0.5) is 5.82 Å². The molecular formula is C25H28ClN5O5S2. The third-order valence-electron chi connectivity index (χ3n) is 7.05. The number of aromatic nitrogens is 2. The summed E-state index contributed by atoms with van der Waals surface area (Å²) < 4.78 is 26.9. The molecule has 5 N–H and O–H groups in total. The zero-order chi connectivity index (χ0) is 27.0. The first-order valence-electron chi connectivity index (χ1n) is 12.2. The molecule has 0 bridgehead atoms. The van der Waals surface area contributed by atoms with Crippen molar-refractivity contribution in [3.05, 3.63) is 73.8 Å². The first kappa shape index (κ1) is 27.1. The predicted molar refractivity (Wildman–Crippen MR) is 145 cm³/mol. The summed E-state index contributed by atoms with van der Waals surface area (Å²) >= 11 is 7.71. The van der Waals surface area contributed by atoms with Crippen molar-refractivity contribution in [1.82, 2.24) is 15.3 Å². The number of aliphatic hydroxyl groups excluding tert-OH is 1. The molecule has 0 amide bonds. The second-order valence-electron chi connectivity index (χ2n) is 9.63. The Bertz CT molecular complexity index is 1460. The summed E-state index contributed by atoms with van der Waals surface area (Å²) in [5.41, 5.74) is 3.71. The summed E-state index contributed by atoms with van der Waals surface area (Å²) in [6.45, 7) is 2.62. The molecule has 1 aliphatic carbocycles. The average Bonchev–Trinajstić information content (AvgIpc) is 3.43. The molecule has 2 aromatic heterocycles. The van der Waals surface area contributed by atoms with Crippen molar-refractivity contribution in [2.45, 2.75) is 44.4 Å². The summed E-state index contributed by atoms with van der Waals surface area (Å²) in [7, 11) is -4.10. The highest BCUT2D eigenvalue weighted by atomic mass is 35.5. The van der Waals surface area contributed by atoms with Gasteiger partial charge >= 0.3 is 10.3 Å². The van der Waals surface area contributed by atoms with Crippen molar-refractivity contribution in [3.8, 4) is 0 Å². The van der Waals surface area contributed by atoms with Gasteiger partial charge in [0.2, 0.25) is 5.78 Å². The first-order valence-corrected chi connectivity index (χ1v) is 14.8. The highest BCUT2D eigenvalue weighted by Crippen LogP contribution is 2.37. The maximum atomic E-state index is 13.6. The van der Waals surface area contributed by atoms with Gasteiger partial charge in [-0.3, -0.25) is 8.98 Å². The third-order valence-corrected chi connectivity index (χ3v) is 8.82. The second-order valence-corrected chi connectivity index (χ2v) is 12.5. The minimum absolute atomic E-state index is 0.0590. The van der Waals surface area contributed by atoms with Crippen LogP contribution in [0.5, 0.6) is 0 Å². The molecule has 0 radical (unpaired) electrons. The zero-order valence-corrected chi connectivity index (χ0v) is 22.9. The number of aryl methyl sites for hydroxylation is 1. The maximum Gasteiger partial charge on any atom is 0.333 e. The van der Waals surface area contributed by atoms with E-state index in [2.05, 4.69) is 30.9 Å². The molecule has 2 aliphatic rings. The van der Waals surface area contributed by atoms with Crippen LogP contribution < -0.4 is 15.8 Å². The van der Waals surface area contributed by atoms with Crippen molar-refractivity contribution in [2.24, 2.45) is 11.1 Å². The van der Waals surface area contributed by atoms with Crippen LogP contribution in [0.1, 0.15) is 55.7 Å². The van der Waals surface area contributed by atoms with Gasteiger partial charge in [-0.1, -0.05) is 17.7 Å². The molecule has 1 fully saturated rings. The Kier molecular flexibility index (Phi) is 7.83. The number of carbonyl (C=O) groups is 1.